The highest BCUT2D eigenvalue weighted by molar-refractivity contribution is 9.10. The van der Waals surface area contributed by atoms with E-state index >= 15 is 0 Å². The molecule has 0 radical (unpaired) electrons. The summed E-state index contributed by atoms with van der Waals surface area (Å²) in [6, 6.07) is 3.92. The van der Waals surface area contributed by atoms with Gasteiger partial charge >= 0.3 is 0 Å². The Morgan fingerprint density at radius 2 is 1.90 bits per heavy atom. The van der Waals surface area contributed by atoms with Crippen LogP contribution in [0.2, 0.25) is 0 Å². The minimum atomic E-state index is 0.0703. The second-order valence-corrected chi connectivity index (χ2v) is 6.68. The SMILES string of the molecule is Cc1nn(-c2ccc(CNC(C)(C)C)nn2)c(C)c1Br. The van der Waals surface area contributed by atoms with Gasteiger partial charge in [-0.2, -0.15) is 10.2 Å². The van der Waals surface area contributed by atoms with Gasteiger partial charge in [0.25, 0.3) is 0 Å². The Balaban J connectivity index is 2.18. The Bertz CT molecular complexity index is 595. The van der Waals surface area contributed by atoms with Gasteiger partial charge in [-0.15, -0.1) is 5.10 Å². The molecule has 5 nitrogen and oxygen atoms in total. The predicted octanol–water partition coefficient (Wildman–Crippen LogP) is 2.93. The van der Waals surface area contributed by atoms with Crippen LogP contribution in [-0.4, -0.2) is 25.5 Å². The molecule has 6 heteroatoms. The summed E-state index contributed by atoms with van der Waals surface area (Å²) < 4.78 is 2.81. The first-order valence-corrected chi connectivity index (χ1v) is 7.37. The Morgan fingerprint density at radius 1 is 1.20 bits per heavy atom. The van der Waals surface area contributed by atoms with E-state index in [4.69, 9.17) is 0 Å². The summed E-state index contributed by atoms with van der Waals surface area (Å²) in [4.78, 5) is 0. The third-order valence-electron chi connectivity index (χ3n) is 2.93. The monoisotopic (exact) mass is 337 g/mol. The van der Waals surface area contributed by atoms with E-state index in [1.807, 2.05) is 26.0 Å². The van der Waals surface area contributed by atoms with E-state index in [2.05, 4.69) is 57.3 Å². The summed E-state index contributed by atoms with van der Waals surface area (Å²) in [5.41, 5.74) is 2.96. The summed E-state index contributed by atoms with van der Waals surface area (Å²) in [5, 5.41) is 16.3. The zero-order valence-electron chi connectivity index (χ0n) is 12.5. The van der Waals surface area contributed by atoms with E-state index in [0.717, 1.165) is 27.4 Å². The summed E-state index contributed by atoms with van der Waals surface area (Å²) >= 11 is 3.52. The largest absolute Gasteiger partial charge is 0.306 e. The maximum absolute atomic E-state index is 4.45. The van der Waals surface area contributed by atoms with Gasteiger partial charge in [-0.1, -0.05) is 0 Å². The first kappa shape index (κ1) is 15.1. The van der Waals surface area contributed by atoms with E-state index in [9.17, 15) is 0 Å². The van der Waals surface area contributed by atoms with Gasteiger partial charge in [0.05, 0.1) is 21.6 Å². The van der Waals surface area contributed by atoms with Gasteiger partial charge in [0.1, 0.15) is 0 Å². The van der Waals surface area contributed by atoms with Crippen LogP contribution in [0.15, 0.2) is 16.6 Å². The number of aromatic nitrogens is 4. The van der Waals surface area contributed by atoms with Crippen LogP contribution in [-0.2, 0) is 6.54 Å². The van der Waals surface area contributed by atoms with Gasteiger partial charge in [0.2, 0.25) is 0 Å². The number of aryl methyl sites for hydroxylation is 1. The quantitative estimate of drug-likeness (QED) is 0.935. The van der Waals surface area contributed by atoms with Crippen molar-refractivity contribution in [2.45, 2.75) is 46.7 Å². The second-order valence-electron chi connectivity index (χ2n) is 5.88. The van der Waals surface area contributed by atoms with Crippen molar-refractivity contribution in [2.24, 2.45) is 0 Å². The molecule has 0 saturated heterocycles. The maximum Gasteiger partial charge on any atom is 0.175 e. The minimum absolute atomic E-state index is 0.0703. The Kier molecular flexibility index (Phi) is 4.25. The first-order valence-electron chi connectivity index (χ1n) is 6.57. The van der Waals surface area contributed by atoms with Crippen molar-refractivity contribution in [2.75, 3.05) is 0 Å². The zero-order chi connectivity index (χ0) is 14.9. The molecule has 108 valence electrons. The van der Waals surface area contributed by atoms with E-state index in [0.29, 0.717) is 6.54 Å². The third-order valence-corrected chi connectivity index (χ3v) is 4.07. The number of nitrogens with zero attached hydrogens (tertiary/aromatic N) is 4. The molecule has 0 aromatic carbocycles. The van der Waals surface area contributed by atoms with Crippen LogP contribution in [0, 0.1) is 13.8 Å². The van der Waals surface area contributed by atoms with Crippen LogP contribution in [0.3, 0.4) is 0 Å². The molecule has 1 N–H and O–H groups in total. The van der Waals surface area contributed by atoms with Crippen LogP contribution in [0.4, 0.5) is 0 Å². The Labute approximate surface area is 127 Å². The van der Waals surface area contributed by atoms with Crippen molar-refractivity contribution < 1.29 is 0 Å². The molecule has 2 rings (SSSR count). The summed E-state index contributed by atoms with van der Waals surface area (Å²) in [5.74, 6) is 0.732. The highest BCUT2D eigenvalue weighted by atomic mass is 79.9. The van der Waals surface area contributed by atoms with E-state index in [1.165, 1.54) is 0 Å². The van der Waals surface area contributed by atoms with Gasteiger partial charge < -0.3 is 5.32 Å². The molecule has 2 heterocycles. The molecule has 0 fully saturated rings. The van der Waals surface area contributed by atoms with Crippen LogP contribution >= 0.6 is 15.9 Å². The number of hydrogen-bond donors (Lipinski definition) is 1. The molecule has 0 aliphatic carbocycles. The van der Waals surface area contributed by atoms with Crippen molar-refractivity contribution >= 4 is 15.9 Å². The van der Waals surface area contributed by atoms with Crippen molar-refractivity contribution in [1.82, 2.24) is 25.3 Å². The van der Waals surface area contributed by atoms with Crippen LogP contribution in [0.25, 0.3) is 5.82 Å². The normalized spacial score (nSPS) is 11.9. The molecule has 0 aliphatic heterocycles. The molecular weight excluding hydrogens is 318 g/mol. The lowest BCUT2D eigenvalue weighted by Gasteiger charge is -2.19. The van der Waals surface area contributed by atoms with E-state index in [1.54, 1.807) is 4.68 Å². The maximum atomic E-state index is 4.45. The topological polar surface area (TPSA) is 55.6 Å². The van der Waals surface area contributed by atoms with Gasteiger partial charge in [0.15, 0.2) is 5.82 Å². The fraction of sp³-hybridized carbons (Fsp3) is 0.500. The highest BCUT2D eigenvalue weighted by Gasteiger charge is 2.12. The van der Waals surface area contributed by atoms with Crippen molar-refractivity contribution in [1.29, 1.82) is 0 Å². The van der Waals surface area contributed by atoms with Gasteiger partial charge in [-0.05, 0) is 62.7 Å². The summed E-state index contributed by atoms with van der Waals surface area (Å²) in [7, 11) is 0. The average Bonchev–Trinajstić information content (AvgIpc) is 2.64. The summed E-state index contributed by atoms with van der Waals surface area (Å²) in [6.45, 7) is 11.0. The number of rotatable bonds is 3. The molecule has 2 aromatic heterocycles. The third kappa shape index (κ3) is 3.43. The highest BCUT2D eigenvalue weighted by Crippen LogP contribution is 2.21. The molecule has 0 saturated carbocycles. The molecular formula is C14H20BrN5. The Hall–Kier alpha value is -1.27. The summed E-state index contributed by atoms with van der Waals surface area (Å²) in [6.07, 6.45) is 0. The molecule has 0 aliphatic rings. The zero-order valence-corrected chi connectivity index (χ0v) is 14.1. The average molecular weight is 338 g/mol. The molecule has 2 aromatic rings. The molecule has 0 spiro atoms. The molecule has 0 unspecified atom stereocenters. The van der Waals surface area contributed by atoms with Crippen LogP contribution in [0.5, 0.6) is 0 Å². The van der Waals surface area contributed by atoms with Crippen molar-refractivity contribution in [3.63, 3.8) is 0 Å². The lowest BCUT2D eigenvalue weighted by atomic mass is 10.1. The first-order chi connectivity index (χ1) is 9.28. The second kappa shape index (κ2) is 5.61. The van der Waals surface area contributed by atoms with Gasteiger partial charge in [-0.25, -0.2) is 4.68 Å². The predicted molar refractivity (Wildman–Crippen MR) is 82.9 cm³/mol. The fourth-order valence-electron chi connectivity index (χ4n) is 1.76. The number of nitrogens with one attached hydrogen (secondary N) is 1. The van der Waals surface area contributed by atoms with Crippen LogP contribution < -0.4 is 5.32 Å². The van der Waals surface area contributed by atoms with Gasteiger partial charge in [0, 0.05) is 12.1 Å². The lowest BCUT2D eigenvalue weighted by Crippen LogP contribution is -2.35. The molecule has 0 atom stereocenters. The van der Waals surface area contributed by atoms with Crippen molar-refractivity contribution in [3.05, 3.63) is 33.7 Å². The minimum Gasteiger partial charge on any atom is -0.306 e. The van der Waals surface area contributed by atoms with E-state index < -0.39 is 0 Å². The Morgan fingerprint density at radius 3 is 2.35 bits per heavy atom. The number of halogens is 1. The molecule has 20 heavy (non-hydrogen) atoms. The van der Waals surface area contributed by atoms with Crippen molar-refractivity contribution in [3.8, 4) is 5.82 Å². The number of hydrogen-bond acceptors (Lipinski definition) is 4. The fourth-order valence-corrected chi connectivity index (χ4v) is 2.01. The van der Waals surface area contributed by atoms with Gasteiger partial charge in [-0.3, -0.25) is 0 Å². The molecule has 0 bridgehead atoms. The smallest absolute Gasteiger partial charge is 0.175 e. The standard InChI is InChI=1S/C14H20BrN5/c1-9-13(15)10(2)20(19-9)12-7-6-11(17-18-12)8-16-14(3,4)5/h6-7,16H,8H2,1-5H3. The molecule has 0 amide bonds. The van der Waals surface area contributed by atoms with E-state index in [-0.39, 0.29) is 5.54 Å². The lowest BCUT2D eigenvalue weighted by molar-refractivity contribution is 0.420. The van der Waals surface area contributed by atoms with Crippen LogP contribution in [0.1, 0.15) is 37.9 Å².